The van der Waals surface area contributed by atoms with Gasteiger partial charge in [-0.15, -0.1) is 11.3 Å². The van der Waals surface area contributed by atoms with Crippen LogP contribution in [0.25, 0.3) is 21.3 Å². The Morgan fingerprint density at radius 2 is 2.18 bits per heavy atom. The van der Waals surface area contributed by atoms with Crippen molar-refractivity contribution in [2.45, 2.75) is 0 Å². The number of primary amides is 1. The second-order valence-electron chi connectivity index (χ2n) is 3.66. The number of thiophene rings is 1. The third kappa shape index (κ3) is 1.60. The monoisotopic (exact) mass is 243 g/mol. The predicted molar refractivity (Wildman–Crippen MR) is 67.9 cm³/mol. The van der Waals surface area contributed by atoms with Crippen LogP contribution in [0, 0.1) is 0 Å². The molecule has 3 rings (SSSR count). The van der Waals surface area contributed by atoms with Crippen LogP contribution in [0.1, 0.15) is 10.6 Å². The number of aromatic nitrogens is 2. The molecule has 5 heteroatoms. The lowest BCUT2D eigenvalue weighted by atomic mass is 10.1. The summed E-state index contributed by atoms with van der Waals surface area (Å²) >= 11 is 1.66. The average molecular weight is 243 g/mol. The summed E-state index contributed by atoms with van der Waals surface area (Å²) in [5, 5.41) is 3.19. The number of imidazole rings is 1. The minimum Gasteiger partial charge on any atom is -0.363 e. The van der Waals surface area contributed by atoms with Gasteiger partial charge in [-0.3, -0.25) is 4.79 Å². The van der Waals surface area contributed by atoms with E-state index in [1.807, 2.05) is 23.6 Å². The summed E-state index contributed by atoms with van der Waals surface area (Å²) in [6.07, 6.45) is 1.63. The van der Waals surface area contributed by atoms with Crippen LogP contribution in [0.2, 0.25) is 0 Å². The largest absolute Gasteiger partial charge is 0.363 e. The first-order chi connectivity index (χ1) is 8.25. The highest BCUT2D eigenvalue weighted by Crippen LogP contribution is 2.32. The number of nitrogens with zero attached hydrogens (tertiary/aromatic N) is 1. The fourth-order valence-electron chi connectivity index (χ4n) is 1.77. The van der Waals surface area contributed by atoms with Crippen LogP contribution in [0.4, 0.5) is 0 Å². The molecule has 0 fully saturated rings. The first kappa shape index (κ1) is 10.0. The van der Waals surface area contributed by atoms with E-state index in [2.05, 4.69) is 16.0 Å². The summed E-state index contributed by atoms with van der Waals surface area (Å²) in [5.74, 6) is -0.355. The van der Waals surface area contributed by atoms with Crippen LogP contribution >= 0.6 is 11.3 Å². The van der Waals surface area contributed by atoms with Gasteiger partial charge >= 0.3 is 0 Å². The van der Waals surface area contributed by atoms with Crippen molar-refractivity contribution in [2.24, 2.45) is 5.73 Å². The number of hydrogen-bond donors (Lipinski definition) is 2. The van der Waals surface area contributed by atoms with Crippen LogP contribution in [-0.2, 0) is 0 Å². The van der Waals surface area contributed by atoms with Gasteiger partial charge in [-0.2, -0.15) is 0 Å². The molecule has 0 atom stereocenters. The molecule has 0 spiro atoms. The van der Waals surface area contributed by atoms with Gasteiger partial charge in [-0.1, -0.05) is 18.2 Å². The lowest BCUT2D eigenvalue weighted by molar-refractivity contribution is 0.0991. The zero-order valence-electron chi connectivity index (χ0n) is 8.81. The smallest absolute Gasteiger partial charge is 0.284 e. The van der Waals surface area contributed by atoms with Crippen LogP contribution in [0.3, 0.4) is 0 Å². The van der Waals surface area contributed by atoms with Crippen molar-refractivity contribution in [1.82, 2.24) is 9.97 Å². The maximum Gasteiger partial charge on any atom is 0.284 e. The summed E-state index contributed by atoms with van der Waals surface area (Å²) in [4.78, 5) is 17.9. The highest BCUT2D eigenvalue weighted by molar-refractivity contribution is 7.17. The van der Waals surface area contributed by atoms with Crippen LogP contribution in [0.15, 0.2) is 35.8 Å². The molecule has 17 heavy (non-hydrogen) atoms. The molecule has 3 N–H and O–H groups in total. The van der Waals surface area contributed by atoms with E-state index in [9.17, 15) is 4.79 Å². The molecule has 2 aromatic heterocycles. The van der Waals surface area contributed by atoms with E-state index in [1.165, 1.54) is 4.70 Å². The van der Waals surface area contributed by atoms with E-state index >= 15 is 0 Å². The van der Waals surface area contributed by atoms with E-state index in [-0.39, 0.29) is 5.82 Å². The van der Waals surface area contributed by atoms with Gasteiger partial charge in [0, 0.05) is 21.0 Å². The summed E-state index contributed by atoms with van der Waals surface area (Å²) in [6.45, 7) is 0. The van der Waals surface area contributed by atoms with Crippen LogP contribution in [-0.4, -0.2) is 15.9 Å². The third-order valence-corrected chi connectivity index (χ3v) is 3.54. The molecule has 0 saturated carbocycles. The number of nitrogens with two attached hydrogens (primary N) is 1. The highest BCUT2D eigenvalue weighted by Gasteiger charge is 2.10. The molecule has 3 aromatic rings. The summed E-state index contributed by atoms with van der Waals surface area (Å²) < 4.78 is 1.21. The standard InChI is InChI=1S/C12H9N3OS/c13-11(16)12-14-5-9(15-12)8-6-17-10-4-2-1-3-7(8)10/h1-6H,(H2,13,16)(H,14,15). The number of rotatable bonds is 2. The maximum absolute atomic E-state index is 11.0. The second kappa shape index (κ2) is 3.71. The predicted octanol–water partition coefficient (Wildman–Crippen LogP) is 2.39. The molecular weight excluding hydrogens is 234 g/mol. The van der Waals surface area contributed by atoms with Crippen molar-refractivity contribution < 1.29 is 4.79 Å². The Morgan fingerprint density at radius 1 is 1.35 bits per heavy atom. The number of nitrogens with one attached hydrogen (secondary N) is 1. The molecule has 0 aliphatic rings. The zero-order valence-corrected chi connectivity index (χ0v) is 9.62. The van der Waals surface area contributed by atoms with Crippen molar-refractivity contribution >= 4 is 27.3 Å². The number of amides is 1. The van der Waals surface area contributed by atoms with E-state index in [0.717, 1.165) is 16.6 Å². The summed E-state index contributed by atoms with van der Waals surface area (Å²) in [6, 6.07) is 8.11. The third-order valence-electron chi connectivity index (χ3n) is 2.58. The van der Waals surface area contributed by atoms with Crippen molar-refractivity contribution in [3.63, 3.8) is 0 Å². The van der Waals surface area contributed by atoms with E-state index in [0.29, 0.717) is 0 Å². The van der Waals surface area contributed by atoms with Gasteiger partial charge in [0.25, 0.3) is 5.91 Å². The lowest BCUT2D eigenvalue weighted by Crippen LogP contribution is -2.12. The molecule has 0 saturated heterocycles. The van der Waals surface area contributed by atoms with Gasteiger partial charge in [-0.05, 0) is 6.07 Å². The molecule has 84 valence electrons. The van der Waals surface area contributed by atoms with Gasteiger partial charge < -0.3 is 10.7 Å². The molecule has 0 aliphatic carbocycles. The van der Waals surface area contributed by atoms with E-state index in [1.54, 1.807) is 17.5 Å². The first-order valence-electron chi connectivity index (χ1n) is 5.07. The van der Waals surface area contributed by atoms with E-state index < -0.39 is 5.91 Å². The van der Waals surface area contributed by atoms with Gasteiger partial charge in [-0.25, -0.2) is 4.98 Å². The second-order valence-corrected chi connectivity index (χ2v) is 4.57. The molecule has 0 unspecified atom stereocenters. The Morgan fingerprint density at radius 3 is 2.94 bits per heavy atom. The van der Waals surface area contributed by atoms with Crippen molar-refractivity contribution in [3.8, 4) is 11.3 Å². The van der Waals surface area contributed by atoms with E-state index in [4.69, 9.17) is 5.73 Å². The van der Waals surface area contributed by atoms with Gasteiger partial charge in [0.1, 0.15) is 0 Å². The van der Waals surface area contributed by atoms with Crippen LogP contribution < -0.4 is 5.73 Å². The van der Waals surface area contributed by atoms with Gasteiger partial charge in [0.05, 0.1) is 11.9 Å². The first-order valence-corrected chi connectivity index (χ1v) is 5.95. The molecule has 0 radical (unpaired) electrons. The topological polar surface area (TPSA) is 71.8 Å². The molecule has 0 bridgehead atoms. The van der Waals surface area contributed by atoms with Crippen molar-refractivity contribution in [1.29, 1.82) is 0 Å². The molecule has 4 nitrogen and oxygen atoms in total. The van der Waals surface area contributed by atoms with Crippen molar-refractivity contribution in [3.05, 3.63) is 41.7 Å². The fraction of sp³-hybridized carbons (Fsp3) is 0. The number of fused-ring (bicyclic) bond motifs is 1. The number of carbonyl (C=O) groups excluding carboxylic acids is 1. The number of hydrogen-bond acceptors (Lipinski definition) is 3. The quantitative estimate of drug-likeness (QED) is 0.725. The Balaban J connectivity index is 2.17. The fourth-order valence-corrected chi connectivity index (χ4v) is 2.73. The SMILES string of the molecule is NC(=O)c1ncc(-c2csc3ccccc23)[nH]1. The number of carbonyl (C=O) groups is 1. The minimum atomic E-state index is -0.546. The Kier molecular flexibility index (Phi) is 2.19. The normalized spacial score (nSPS) is 10.8. The molecule has 1 amide bonds. The number of H-pyrrole nitrogens is 1. The summed E-state index contributed by atoms with van der Waals surface area (Å²) in [5.41, 5.74) is 7.03. The average Bonchev–Trinajstić information content (AvgIpc) is 2.95. The molecular formula is C12H9N3OS. The van der Waals surface area contributed by atoms with Gasteiger partial charge in [0.15, 0.2) is 5.82 Å². The Hall–Kier alpha value is -2.14. The molecule has 1 aromatic carbocycles. The maximum atomic E-state index is 11.0. The molecule has 0 aliphatic heterocycles. The Labute approximate surface area is 101 Å². The summed E-state index contributed by atoms with van der Waals surface area (Å²) in [7, 11) is 0. The lowest BCUT2D eigenvalue weighted by Gasteiger charge is -1.94. The highest BCUT2D eigenvalue weighted by atomic mass is 32.1. The minimum absolute atomic E-state index is 0.190. The zero-order chi connectivity index (χ0) is 11.8. The Bertz CT molecular complexity index is 698. The number of benzene rings is 1. The number of aromatic amines is 1. The van der Waals surface area contributed by atoms with Gasteiger partial charge in [0.2, 0.25) is 0 Å². The molecule has 2 heterocycles. The van der Waals surface area contributed by atoms with Crippen LogP contribution in [0.5, 0.6) is 0 Å². The van der Waals surface area contributed by atoms with Crippen molar-refractivity contribution in [2.75, 3.05) is 0 Å².